The Balaban J connectivity index is 1.49. The number of carbonyl (C=O) groups excluding carboxylic acids is 2. The van der Waals surface area contributed by atoms with Gasteiger partial charge < -0.3 is 14.9 Å². The lowest BCUT2D eigenvalue weighted by Crippen LogP contribution is -2.57. The first-order chi connectivity index (χ1) is 19.8. The predicted molar refractivity (Wildman–Crippen MR) is 160 cm³/mol. The number of rotatable bonds is 8. The molecule has 1 saturated heterocycles. The number of hydrogen-bond donors (Lipinski definition) is 1. The maximum atomic E-state index is 14.5. The van der Waals surface area contributed by atoms with Gasteiger partial charge in [-0.15, -0.1) is 0 Å². The van der Waals surface area contributed by atoms with Gasteiger partial charge in [0.1, 0.15) is 6.04 Å². The Morgan fingerprint density at radius 2 is 1.37 bits per heavy atom. The van der Waals surface area contributed by atoms with E-state index in [1.54, 1.807) is 11.8 Å². The molecule has 5 rings (SSSR count). The van der Waals surface area contributed by atoms with Gasteiger partial charge in [0.25, 0.3) is 0 Å². The summed E-state index contributed by atoms with van der Waals surface area (Å²) in [6.07, 6.45) is 5.12. The molecule has 214 valence electrons. The Hall–Kier alpha value is -4.13. The number of carboxylic acid groups (broad SMARTS) is 1. The highest BCUT2D eigenvalue weighted by Crippen LogP contribution is 2.44. The van der Waals surface area contributed by atoms with Gasteiger partial charge in [-0.05, 0) is 69.4 Å². The molecule has 1 aliphatic carbocycles. The van der Waals surface area contributed by atoms with E-state index >= 15 is 0 Å². The first kappa shape index (κ1) is 28.4. The van der Waals surface area contributed by atoms with Crippen LogP contribution in [0.25, 0.3) is 0 Å². The van der Waals surface area contributed by atoms with Gasteiger partial charge in [0, 0.05) is 18.6 Å². The molecular weight excluding hydrogens is 514 g/mol. The quantitative estimate of drug-likeness (QED) is 0.340. The normalized spacial score (nSPS) is 20.4. The monoisotopic (exact) mass is 553 g/mol. The summed E-state index contributed by atoms with van der Waals surface area (Å²) in [5.74, 6) is -0.977. The number of carboxylic acids is 1. The van der Waals surface area contributed by atoms with Crippen LogP contribution in [-0.2, 0) is 15.0 Å². The van der Waals surface area contributed by atoms with Crippen LogP contribution in [0, 0.1) is 0 Å². The zero-order chi connectivity index (χ0) is 29.0. The third-order valence-electron chi connectivity index (χ3n) is 8.91. The van der Waals surface area contributed by atoms with Crippen LogP contribution in [0.15, 0.2) is 91.0 Å². The Bertz CT molecular complexity index is 1300. The van der Waals surface area contributed by atoms with Crippen LogP contribution in [0.4, 0.5) is 16.2 Å². The molecule has 0 bridgehead atoms. The van der Waals surface area contributed by atoms with Gasteiger partial charge in [0.15, 0.2) is 0 Å². The highest BCUT2D eigenvalue weighted by molar-refractivity contribution is 6.01. The maximum Gasteiger partial charge on any atom is 0.329 e. The second-order valence-corrected chi connectivity index (χ2v) is 11.4. The van der Waals surface area contributed by atoms with Gasteiger partial charge in [0.2, 0.25) is 5.91 Å². The number of carbonyl (C=O) groups is 3. The minimum absolute atomic E-state index is 0.00474. The Morgan fingerprint density at radius 1 is 0.854 bits per heavy atom. The molecule has 3 amide bonds. The molecule has 1 aliphatic heterocycles. The zero-order valence-electron chi connectivity index (χ0n) is 23.9. The first-order valence-electron chi connectivity index (χ1n) is 14.7. The summed E-state index contributed by atoms with van der Waals surface area (Å²) in [7, 11) is 0. The molecule has 2 fully saturated rings. The molecular formula is C34H39N3O4. The van der Waals surface area contributed by atoms with E-state index < -0.39 is 23.5 Å². The number of urea groups is 1. The smallest absolute Gasteiger partial charge is 0.329 e. The minimum atomic E-state index is -1.08. The average Bonchev–Trinajstić information content (AvgIpc) is 3.64. The van der Waals surface area contributed by atoms with Crippen molar-refractivity contribution in [2.75, 3.05) is 11.4 Å². The summed E-state index contributed by atoms with van der Waals surface area (Å²) < 4.78 is 0. The van der Waals surface area contributed by atoms with Crippen molar-refractivity contribution in [3.63, 3.8) is 0 Å². The van der Waals surface area contributed by atoms with Crippen molar-refractivity contribution < 1.29 is 19.5 Å². The number of hydrogen-bond acceptors (Lipinski definition) is 3. The molecule has 3 aromatic carbocycles. The lowest BCUT2D eigenvalue weighted by molar-refractivity contribution is -0.142. The lowest BCUT2D eigenvalue weighted by atomic mass is 9.77. The second kappa shape index (κ2) is 12.2. The average molecular weight is 554 g/mol. The summed E-state index contributed by atoms with van der Waals surface area (Å²) in [6.45, 7) is 3.75. The van der Waals surface area contributed by atoms with Crippen molar-refractivity contribution in [3.8, 4) is 0 Å². The molecule has 3 aromatic rings. The summed E-state index contributed by atoms with van der Waals surface area (Å²) in [4.78, 5) is 46.2. The number of para-hydroxylation sites is 2. The molecule has 0 aromatic heterocycles. The van der Waals surface area contributed by atoms with E-state index in [4.69, 9.17) is 0 Å². The van der Waals surface area contributed by atoms with Gasteiger partial charge >= 0.3 is 12.0 Å². The van der Waals surface area contributed by atoms with E-state index in [0.29, 0.717) is 17.8 Å². The van der Waals surface area contributed by atoms with E-state index in [0.717, 1.165) is 37.7 Å². The summed E-state index contributed by atoms with van der Waals surface area (Å²) >= 11 is 0. The van der Waals surface area contributed by atoms with Crippen molar-refractivity contribution in [2.24, 2.45) is 0 Å². The first-order valence-corrected chi connectivity index (χ1v) is 14.7. The van der Waals surface area contributed by atoms with Gasteiger partial charge in [-0.25, -0.2) is 9.59 Å². The molecule has 1 saturated carbocycles. The zero-order valence-corrected chi connectivity index (χ0v) is 23.9. The Kier molecular flexibility index (Phi) is 8.43. The fourth-order valence-electron chi connectivity index (χ4n) is 6.64. The number of likely N-dealkylation sites (tertiary alicyclic amines) is 1. The van der Waals surface area contributed by atoms with Crippen LogP contribution >= 0.6 is 0 Å². The van der Waals surface area contributed by atoms with Crippen LogP contribution in [0.1, 0.15) is 57.9 Å². The molecule has 0 spiro atoms. The van der Waals surface area contributed by atoms with Crippen LogP contribution in [0.2, 0.25) is 0 Å². The van der Waals surface area contributed by atoms with Crippen LogP contribution in [0.5, 0.6) is 0 Å². The summed E-state index contributed by atoms with van der Waals surface area (Å²) in [6, 6.07) is 26.8. The molecule has 3 atom stereocenters. The largest absolute Gasteiger partial charge is 0.480 e. The van der Waals surface area contributed by atoms with E-state index in [1.165, 1.54) is 4.90 Å². The lowest BCUT2D eigenvalue weighted by Gasteiger charge is -2.41. The predicted octanol–water partition coefficient (Wildman–Crippen LogP) is 6.61. The third-order valence-corrected chi connectivity index (χ3v) is 8.91. The van der Waals surface area contributed by atoms with Gasteiger partial charge in [-0.3, -0.25) is 9.69 Å². The van der Waals surface area contributed by atoms with E-state index in [1.807, 2.05) is 83.8 Å². The molecule has 0 radical (unpaired) electrons. The van der Waals surface area contributed by atoms with E-state index in [9.17, 15) is 19.5 Å². The van der Waals surface area contributed by atoms with Crippen LogP contribution in [-0.4, -0.2) is 57.5 Å². The topological polar surface area (TPSA) is 81.2 Å². The molecule has 41 heavy (non-hydrogen) atoms. The molecule has 1 heterocycles. The highest BCUT2D eigenvalue weighted by Gasteiger charge is 2.49. The Morgan fingerprint density at radius 3 is 1.88 bits per heavy atom. The molecule has 7 nitrogen and oxygen atoms in total. The molecule has 1 N–H and O–H groups in total. The molecule has 7 heteroatoms. The summed E-state index contributed by atoms with van der Waals surface area (Å²) in [5.41, 5.74) is 1.76. The Labute approximate surface area is 242 Å². The van der Waals surface area contributed by atoms with E-state index in [2.05, 4.69) is 19.1 Å². The van der Waals surface area contributed by atoms with Crippen molar-refractivity contribution >= 4 is 29.3 Å². The standard InChI is InChI=1S/C34H39N3O4/c1-25-20-21-30(36(25)32(40)34(22-12-13-23-34)27-14-6-3-7-15-27)24-35(26(2)31(38)39)33(41)37(28-16-8-4-9-17-28)29-18-10-5-11-19-29/h3-11,14-19,25-26,30H,12-13,20-24H2,1-2H3,(H,38,39)/t25-,26-,30-/m0/s1. The van der Waals surface area contributed by atoms with Crippen molar-refractivity contribution in [2.45, 2.75) is 75.9 Å². The third kappa shape index (κ3) is 5.58. The second-order valence-electron chi connectivity index (χ2n) is 11.4. The number of amides is 3. The number of nitrogens with zero attached hydrogens (tertiary/aromatic N) is 3. The van der Waals surface area contributed by atoms with Crippen molar-refractivity contribution in [3.05, 3.63) is 96.6 Å². The SMILES string of the molecule is C[C@@H](C(=O)O)N(C[C@@H]1CC[C@H](C)N1C(=O)C1(c2ccccc2)CCCC1)C(=O)N(c1ccccc1)c1ccccc1. The molecule has 0 unspecified atom stereocenters. The number of anilines is 2. The maximum absolute atomic E-state index is 14.5. The van der Waals surface area contributed by atoms with Gasteiger partial charge in [-0.2, -0.15) is 0 Å². The van der Waals surface area contributed by atoms with E-state index in [-0.39, 0.29) is 24.5 Å². The highest BCUT2D eigenvalue weighted by atomic mass is 16.4. The fraction of sp³-hybridized carbons (Fsp3) is 0.382. The fourth-order valence-corrected chi connectivity index (χ4v) is 6.64. The number of aliphatic carboxylic acids is 1. The van der Waals surface area contributed by atoms with Gasteiger partial charge in [-0.1, -0.05) is 79.6 Å². The van der Waals surface area contributed by atoms with Crippen molar-refractivity contribution in [1.82, 2.24) is 9.80 Å². The summed E-state index contributed by atoms with van der Waals surface area (Å²) in [5, 5.41) is 10.1. The van der Waals surface area contributed by atoms with Crippen LogP contribution in [0.3, 0.4) is 0 Å². The van der Waals surface area contributed by atoms with Crippen molar-refractivity contribution in [1.29, 1.82) is 0 Å². The number of benzene rings is 3. The van der Waals surface area contributed by atoms with Crippen LogP contribution < -0.4 is 4.90 Å². The molecule has 2 aliphatic rings. The van der Waals surface area contributed by atoms with Gasteiger partial charge in [0.05, 0.1) is 16.8 Å². The minimum Gasteiger partial charge on any atom is -0.480 e.